The maximum Gasteiger partial charge on any atom is 0.223 e. The molecule has 1 N–H and O–H groups in total. The summed E-state index contributed by atoms with van der Waals surface area (Å²) < 4.78 is 1.60. The van der Waals surface area contributed by atoms with Crippen LogP contribution < -0.4 is 5.32 Å². The molecular formula is C10H14N4O. The van der Waals surface area contributed by atoms with E-state index in [0.29, 0.717) is 13.0 Å². The van der Waals surface area contributed by atoms with E-state index in [1.165, 1.54) is 6.33 Å². The minimum Gasteiger partial charge on any atom is -0.340 e. The SMILES string of the molecule is C#CC(C)(C)NC(=O)CCn1cncn1. The number of nitrogens with one attached hydrogen (secondary N) is 1. The van der Waals surface area contributed by atoms with Gasteiger partial charge >= 0.3 is 0 Å². The van der Waals surface area contributed by atoms with Gasteiger partial charge in [-0.05, 0) is 13.8 Å². The molecule has 0 bridgehead atoms. The summed E-state index contributed by atoms with van der Waals surface area (Å²) in [4.78, 5) is 15.2. The maximum absolute atomic E-state index is 11.4. The Morgan fingerprint density at radius 3 is 2.93 bits per heavy atom. The second-order valence-corrected chi connectivity index (χ2v) is 3.73. The number of carbonyl (C=O) groups excluding carboxylic acids is 1. The third-order valence-corrected chi connectivity index (χ3v) is 1.85. The molecule has 15 heavy (non-hydrogen) atoms. The lowest BCUT2D eigenvalue weighted by atomic mass is 10.1. The molecule has 1 rings (SSSR count). The molecule has 0 saturated carbocycles. The summed E-state index contributed by atoms with van der Waals surface area (Å²) >= 11 is 0. The second kappa shape index (κ2) is 4.60. The largest absolute Gasteiger partial charge is 0.340 e. The van der Waals surface area contributed by atoms with Gasteiger partial charge in [0.15, 0.2) is 0 Å². The standard InChI is InChI=1S/C10H14N4O/c1-4-10(2,3)13-9(15)5-6-14-8-11-7-12-14/h1,7-8H,5-6H2,2-3H3,(H,13,15). The van der Waals surface area contributed by atoms with Crippen LogP contribution >= 0.6 is 0 Å². The monoisotopic (exact) mass is 206 g/mol. The molecule has 0 unspecified atom stereocenters. The topological polar surface area (TPSA) is 59.8 Å². The van der Waals surface area contributed by atoms with E-state index < -0.39 is 5.54 Å². The summed E-state index contributed by atoms with van der Waals surface area (Å²) in [5.41, 5.74) is -0.598. The van der Waals surface area contributed by atoms with Gasteiger partial charge in [-0.1, -0.05) is 5.92 Å². The molecule has 0 saturated heterocycles. The van der Waals surface area contributed by atoms with Gasteiger partial charge in [0.05, 0.1) is 12.1 Å². The Hall–Kier alpha value is -1.83. The van der Waals surface area contributed by atoms with Crippen molar-refractivity contribution in [1.82, 2.24) is 20.1 Å². The molecule has 0 aliphatic heterocycles. The van der Waals surface area contributed by atoms with Gasteiger partial charge in [0, 0.05) is 6.42 Å². The minimum absolute atomic E-state index is 0.0894. The van der Waals surface area contributed by atoms with Gasteiger partial charge in [0.1, 0.15) is 12.7 Å². The highest BCUT2D eigenvalue weighted by Crippen LogP contribution is 1.99. The highest BCUT2D eigenvalue weighted by molar-refractivity contribution is 5.77. The average molecular weight is 206 g/mol. The van der Waals surface area contributed by atoms with E-state index in [1.54, 1.807) is 24.9 Å². The number of carbonyl (C=O) groups is 1. The number of rotatable bonds is 4. The lowest BCUT2D eigenvalue weighted by Crippen LogP contribution is -2.42. The highest BCUT2D eigenvalue weighted by Gasteiger charge is 2.16. The quantitative estimate of drug-likeness (QED) is 0.716. The van der Waals surface area contributed by atoms with Crippen molar-refractivity contribution in [3.63, 3.8) is 0 Å². The predicted octanol–water partition coefficient (Wildman–Crippen LogP) is 0.196. The maximum atomic E-state index is 11.4. The molecule has 0 spiro atoms. The van der Waals surface area contributed by atoms with E-state index in [2.05, 4.69) is 21.3 Å². The van der Waals surface area contributed by atoms with Crippen LogP contribution in [0.3, 0.4) is 0 Å². The fraction of sp³-hybridized carbons (Fsp3) is 0.500. The first-order valence-corrected chi connectivity index (χ1v) is 4.65. The third kappa shape index (κ3) is 3.81. The van der Waals surface area contributed by atoms with Crippen LogP contribution in [0.15, 0.2) is 12.7 Å². The predicted molar refractivity (Wildman–Crippen MR) is 55.7 cm³/mol. The normalized spacial score (nSPS) is 10.7. The molecule has 5 heteroatoms. The Balaban J connectivity index is 2.35. The molecule has 0 aliphatic carbocycles. The first-order valence-electron chi connectivity index (χ1n) is 4.65. The van der Waals surface area contributed by atoms with Crippen LogP contribution in [-0.4, -0.2) is 26.2 Å². The van der Waals surface area contributed by atoms with Crippen LogP contribution in [0, 0.1) is 12.3 Å². The molecule has 0 aromatic carbocycles. The molecule has 0 radical (unpaired) electrons. The van der Waals surface area contributed by atoms with Crippen molar-refractivity contribution in [2.75, 3.05) is 0 Å². The summed E-state index contributed by atoms with van der Waals surface area (Å²) in [7, 11) is 0. The van der Waals surface area contributed by atoms with Gasteiger partial charge < -0.3 is 5.32 Å². The smallest absolute Gasteiger partial charge is 0.223 e. The zero-order chi connectivity index (χ0) is 11.3. The average Bonchev–Trinajstić information content (AvgIpc) is 2.66. The molecule has 1 aromatic rings. The van der Waals surface area contributed by atoms with Crippen molar-refractivity contribution in [2.24, 2.45) is 0 Å². The Morgan fingerprint density at radius 2 is 2.40 bits per heavy atom. The number of hydrogen-bond acceptors (Lipinski definition) is 3. The molecule has 1 aromatic heterocycles. The second-order valence-electron chi connectivity index (χ2n) is 3.73. The molecule has 5 nitrogen and oxygen atoms in total. The number of nitrogens with zero attached hydrogens (tertiary/aromatic N) is 3. The first kappa shape index (κ1) is 11.2. The van der Waals surface area contributed by atoms with Crippen LogP contribution in [0.2, 0.25) is 0 Å². The fourth-order valence-corrected chi connectivity index (χ4v) is 1.01. The number of aryl methyl sites for hydroxylation is 1. The van der Waals surface area contributed by atoms with Gasteiger partial charge in [-0.2, -0.15) is 5.10 Å². The summed E-state index contributed by atoms with van der Waals surface area (Å²) in [6, 6.07) is 0. The molecule has 0 atom stereocenters. The molecular weight excluding hydrogens is 192 g/mol. The first-order chi connectivity index (χ1) is 7.03. The zero-order valence-electron chi connectivity index (χ0n) is 8.90. The Morgan fingerprint density at radius 1 is 1.67 bits per heavy atom. The summed E-state index contributed by atoms with van der Waals surface area (Å²) in [5.74, 6) is 2.41. The van der Waals surface area contributed by atoms with Crippen LogP contribution in [0.25, 0.3) is 0 Å². The molecule has 0 fully saturated rings. The molecule has 1 amide bonds. The van der Waals surface area contributed by atoms with Crippen LogP contribution in [0.4, 0.5) is 0 Å². The van der Waals surface area contributed by atoms with Crippen LogP contribution in [-0.2, 0) is 11.3 Å². The zero-order valence-corrected chi connectivity index (χ0v) is 8.90. The number of aromatic nitrogens is 3. The Kier molecular flexibility index (Phi) is 3.45. The fourth-order valence-electron chi connectivity index (χ4n) is 1.01. The van der Waals surface area contributed by atoms with E-state index in [1.807, 2.05) is 0 Å². The van der Waals surface area contributed by atoms with Gasteiger partial charge in [0.2, 0.25) is 5.91 Å². The van der Waals surface area contributed by atoms with E-state index in [-0.39, 0.29) is 5.91 Å². The van der Waals surface area contributed by atoms with Crippen molar-refractivity contribution < 1.29 is 4.79 Å². The van der Waals surface area contributed by atoms with Crippen molar-refractivity contribution in [3.05, 3.63) is 12.7 Å². The number of amides is 1. The Bertz CT molecular complexity index is 361. The number of terminal acetylenes is 1. The number of hydrogen-bond donors (Lipinski definition) is 1. The van der Waals surface area contributed by atoms with Crippen molar-refractivity contribution in [2.45, 2.75) is 32.4 Å². The molecule has 1 heterocycles. The lowest BCUT2D eigenvalue weighted by molar-refractivity contribution is -0.122. The minimum atomic E-state index is -0.598. The Labute approximate surface area is 88.9 Å². The molecule has 0 aliphatic rings. The van der Waals surface area contributed by atoms with E-state index in [4.69, 9.17) is 6.42 Å². The van der Waals surface area contributed by atoms with Gasteiger partial charge in [-0.15, -0.1) is 6.42 Å². The van der Waals surface area contributed by atoms with E-state index >= 15 is 0 Å². The van der Waals surface area contributed by atoms with E-state index in [9.17, 15) is 4.79 Å². The molecule has 80 valence electrons. The van der Waals surface area contributed by atoms with Gasteiger partial charge in [-0.3, -0.25) is 9.48 Å². The highest BCUT2D eigenvalue weighted by atomic mass is 16.1. The van der Waals surface area contributed by atoms with Crippen LogP contribution in [0.1, 0.15) is 20.3 Å². The van der Waals surface area contributed by atoms with E-state index in [0.717, 1.165) is 0 Å². The van der Waals surface area contributed by atoms with Crippen molar-refractivity contribution in [3.8, 4) is 12.3 Å². The van der Waals surface area contributed by atoms with Gasteiger partial charge in [-0.25, -0.2) is 4.98 Å². The van der Waals surface area contributed by atoms with Crippen molar-refractivity contribution in [1.29, 1.82) is 0 Å². The van der Waals surface area contributed by atoms with Crippen LogP contribution in [0.5, 0.6) is 0 Å². The van der Waals surface area contributed by atoms with Crippen molar-refractivity contribution >= 4 is 5.91 Å². The lowest BCUT2D eigenvalue weighted by Gasteiger charge is -2.19. The summed E-state index contributed by atoms with van der Waals surface area (Å²) in [6.45, 7) is 4.06. The summed E-state index contributed by atoms with van der Waals surface area (Å²) in [5, 5.41) is 6.62. The van der Waals surface area contributed by atoms with Gasteiger partial charge in [0.25, 0.3) is 0 Å². The summed E-state index contributed by atoms with van der Waals surface area (Å²) in [6.07, 6.45) is 8.60. The third-order valence-electron chi connectivity index (χ3n) is 1.85.